The molecule has 1 aromatic rings. The van der Waals surface area contributed by atoms with Crippen LogP contribution in [0.25, 0.3) is 0 Å². The molecular formula is C14H20ClF3N2. The molecule has 114 valence electrons. The van der Waals surface area contributed by atoms with Gasteiger partial charge in [-0.05, 0) is 32.5 Å². The Labute approximate surface area is 122 Å². The Morgan fingerprint density at radius 2 is 1.95 bits per heavy atom. The van der Waals surface area contributed by atoms with Crippen LogP contribution in [0.1, 0.15) is 26.3 Å². The number of nitrogens with zero attached hydrogens (tertiary/aromatic N) is 1. The van der Waals surface area contributed by atoms with Gasteiger partial charge in [-0.1, -0.05) is 24.6 Å². The Kier molecular flexibility index (Phi) is 6.14. The SMILES string of the molecule is CCNCc1c(Cl)cccc1N(CC(F)(F)F)C(C)C. The molecule has 0 aliphatic carbocycles. The second kappa shape index (κ2) is 7.18. The Hall–Kier alpha value is -0.940. The fraction of sp³-hybridized carbons (Fsp3) is 0.571. The summed E-state index contributed by atoms with van der Waals surface area (Å²) >= 11 is 6.14. The average molecular weight is 309 g/mol. The number of nitrogens with one attached hydrogen (secondary N) is 1. The smallest absolute Gasteiger partial charge is 0.360 e. The molecular weight excluding hydrogens is 289 g/mol. The number of alkyl halides is 3. The second-order valence-corrected chi connectivity index (χ2v) is 5.26. The highest BCUT2D eigenvalue weighted by Gasteiger charge is 2.32. The minimum Gasteiger partial charge on any atom is -0.360 e. The lowest BCUT2D eigenvalue weighted by molar-refractivity contribution is -0.120. The molecule has 0 atom stereocenters. The number of halogens is 4. The lowest BCUT2D eigenvalue weighted by Gasteiger charge is -2.32. The van der Waals surface area contributed by atoms with Crippen LogP contribution in [-0.2, 0) is 6.54 Å². The van der Waals surface area contributed by atoms with E-state index in [2.05, 4.69) is 5.32 Å². The summed E-state index contributed by atoms with van der Waals surface area (Å²) < 4.78 is 38.2. The quantitative estimate of drug-likeness (QED) is 0.846. The predicted molar refractivity (Wildman–Crippen MR) is 77.4 cm³/mol. The summed E-state index contributed by atoms with van der Waals surface area (Å²) in [6, 6.07) is 4.79. The molecule has 0 aliphatic rings. The van der Waals surface area contributed by atoms with Crippen molar-refractivity contribution in [2.45, 2.75) is 39.5 Å². The Morgan fingerprint density at radius 1 is 1.30 bits per heavy atom. The van der Waals surface area contributed by atoms with Crippen LogP contribution < -0.4 is 10.2 Å². The molecule has 1 N–H and O–H groups in total. The van der Waals surface area contributed by atoms with Crippen LogP contribution in [0, 0.1) is 0 Å². The van der Waals surface area contributed by atoms with Gasteiger partial charge in [-0.3, -0.25) is 0 Å². The maximum atomic E-state index is 12.7. The van der Waals surface area contributed by atoms with E-state index >= 15 is 0 Å². The number of anilines is 1. The normalized spacial score (nSPS) is 12.0. The van der Waals surface area contributed by atoms with Crippen LogP contribution in [0.3, 0.4) is 0 Å². The molecule has 2 nitrogen and oxygen atoms in total. The molecule has 0 aromatic heterocycles. The summed E-state index contributed by atoms with van der Waals surface area (Å²) in [6.45, 7) is 5.61. The van der Waals surface area contributed by atoms with Gasteiger partial charge in [0.2, 0.25) is 0 Å². The lowest BCUT2D eigenvalue weighted by Crippen LogP contribution is -2.40. The highest BCUT2D eigenvalue weighted by atomic mass is 35.5. The third-order valence-corrected chi connectivity index (χ3v) is 3.28. The Morgan fingerprint density at radius 3 is 2.45 bits per heavy atom. The standard InChI is InChI=1S/C14H20ClF3N2/c1-4-19-8-11-12(15)6-5-7-13(11)20(10(2)3)9-14(16,17)18/h5-7,10,19H,4,8-9H2,1-3H3. The van der Waals surface area contributed by atoms with Gasteiger partial charge in [0.15, 0.2) is 0 Å². The molecule has 0 fully saturated rings. The third kappa shape index (κ3) is 4.87. The van der Waals surface area contributed by atoms with Gasteiger partial charge in [0.05, 0.1) is 0 Å². The first kappa shape index (κ1) is 17.1. The van der Waals surface area contributed by atoms with Crippen LogP contribution in [0.15, 0.2) is 18.2 Å². The van der Waals surface area contributed by atoms with Crippen molar-refractivity contribution in [3.8, 4) is 0 Å². The van der Waals surface area contributed by atoms with E-state index in [0.717, 1.165) is 6.54 Å². The maximum absolute atomic E-state index is 12.7. The summed E-state index contributed by atoms with van der Waals surface area (Å²) in [5.41, 5.74) is 1.24. The van der Waals surface area contributed by atoms with Crippen LogP contribution in [0.2, 0.25) is 5.02 Å². The van der Waals surface area contributed by atoms with E-state index in [0.29, 0.717) is 22.8 Å². The summed E-state index contributed by atoms with van der Waals surface area (Å²) in [5.74, 6) is 0. The first-order chi connectivity index (χ1) is 9.26. The van der Waals surface area contributed by atoms with Crippen molar-refractivity contribution in [3.63, 3.8) is 0 Å². The zero-order chi connectivity index (χ0) is 15.3. The number of hydrogen-bond donors (Lipinski definition) is 1. The van der Waals surface area contributed by atoms with Gasteiger partial charge in [0, 0.05) is 28.9 Å². The van der Waals surface area contributed by atoms with Crippen LogP contribution in [-0.4, -0.2) is 25.3 Å². The summed E-state index contributed by atoms with van der Waals surface area (Å²) in [5, 5.41) is 3.59. The van der Waals surface area contributed by atoms with Gasteiger partial charge in [0.1, 0.15) is 6.54 Å². The van der Waals surface area contributed by atoms with E-state index in [1.54, 1.807) is 32.0 Å². The zero-order valence-electron chi connectivity index (χ0n) is 11.9. The largest absolute Gasteiger partial charge is 0.405 e. The molecule has 20 heavy (non-hydrogen) atoms. The molecule has 0 unspecified atom stereocenters. The van der Waals surface area contributed by atoms with Gasteiger partial charge in [-0.2, -0.15) is 13.2 Å². The van der Waals surface area contributed by atoms with E-state index in [1.165, 1.54) is 4.90 Å². The summed E-state index contributed by atoms with van der Waals surface area (Å²) in [6.07, 6.45) is -4.25. The van der Waals surface area contributed by atoms with E-state index in [1.807, 2.05) is 6.92 Å². The van der Waals surface area contributed by atoms with Crippen LogP contribution in [0.5, 0.6) is 0 Å². The fourth-order valence-corrected chi connectivity index (χ4v) is 2.22. The van der Waals surface area contributed by atoms with Gasteiger partial charge < -0.3 is 10.2 Å². The first-order valence-electron chi connectivity index (χ1n) is 6.57. The van der Waals surface area contributed by atoms with Crippen molar-refractivity contribution >= 4 is 17.3 Å². The minimum absolute atomic E-state index is 0.268. The van der Waals surface area contributed by atoms with Gasteiger partial charge in [-0.25, -0.2) is 0 Å². The predicted octanol–water partition coefficient (Wildman–Crippen LogP) is 4.23. The molecule has 0 heterocycles. The molecule has 0 saturated carbocycles. The van der Waals surface area contributed by atoms with Crippen LogP contribution in [0.4, 0.5) is 18.9 Å². The molecule has 1 aromatic carbocycles. The minimum atomic E-state index is -4.25. The van der Waals surface area contributed by atoms with Crippen molar-refractivity contribution in [2.75, 3.05) is 18.0 Å². The molecule has 0 amide bonds. The monoisotopic (exact) mass is 308 g/mol. The molecule has 0 aliphatic heterocycles. The first-order valence-corrected chi connectivity index (χ1v) is 6.95. The molecule has 6 heteroatoms. The molecule has 1 rings (SSSR count). The number of hydrogen-bond acceptors (Lipinski definition) is 2. The lowest BCUT2D eigenvalue weighted by atomic mass is 10.1. The molecule has 0 spiro atoms. The average Bonchev–Trinajstić information content (AvgIpc) is 2.33. The summed E-state index contributed by atoms with van der Waals surface area (Å²) in [7, 11) is 0. The number of rotatable bonds is 6. The van der Waals surface area contributed by atoms with Crippen molar-refractivity contribution < 1.29 is 13.2 Å². The third-order valence-electron chi connectivity index (χ3n) is 2.93. The number of benzene rings is 1. The highest BCUT2D eigenvalue weighted by molar-refractivity contribution is 6.31. The zero-order valence-corrected chi connectivity index (χ0v) is 12.6. The van der Waals surface area contributed by atoms with E-state index in [4.69, 9.17) is 11.6 Å². The fourth-order valence-electron chi connectivity index (χ4n) is 1.98. The van der Waals surface area contributed by atoms with E-state index < -0.39 is 12.7 Å². The Bertz CT molecular complexity index is 433. The van der Waals surface area contributed by atoms with Crippen molar-refractivity contribution in [2.24, 2.45) is 0 Å². The van der Waals surface area contributed by atoms with Crippen molar-refractivity contribution in [3.05, 3.63) is 28.8 Å². The van der Waals surface area contributed by atoms with Gasteiger partial charge >= 0.3 is 6.18 Å². The maximum Gasteiger partial charge on any atom is 0.405 e. The van der Waals surface area contributed by atoms with Gasteiger partial charge in [-0.15, -0.1) is 0 Å². The van der Waals surface area contributed by atoms with Gasteiger partial charge in [0.25, 0.3) is 0 Å². The van der Waals surface area contributed by atoms with Crippen molar-refractivity contribution in [1.82, 2.24) is 5.32 Å². The van der Waals surface area contributed by atoms with Crippen molar-refractivity contribution in [1.29, 1.82) is 0 Å². The highest BCUT2D eigenvalue weighted by Crippen LogP contribution is 2.31. The second-order valence-electron chi connectivity index (χ2n) is 4.85. The molecule has 0 radical (unpaired) electrons. The topological polar surface area (TPSA) is 15.3 Å². The van der Waals surface area contributed by atoms with E-state index in [9.17, 15) is 13.2 Å². The van der Waals surface area contributed by atoms with Crippen LogP contribution >= 0.6 is 11.6 Å². The Balaban J connectivity index is 3.15. The summed E-state index contributed by atoms with van der Waals surface area (Å²) in [4.78, 5) is 1.33. The molecule has 0 bridgehead atoms. The molecule has 0 saturated heterocycles. The van der Waals surface area contributed by atoms with E-state index in [-0.39, 0.29) is 6.04 Å².